The first-order chi connectivity index (χ1) is 8.20. The molecule has 0 radical (unpaired) electrons. The van der Waals surface area contributed by atoms with Crippen molar-refractivity contribution in [1.82, 2.24) is 0 Å². The van der Waals surface area contributed by atoms with E-state index in [4.69, 9.17) is 0 Å². The molecule has 0 saturated heterocycles. The summed E-state index contributed by atoms with van der Waals surface area (Å²) in [4.78, 5) is 2.34. The van der Waals surface area contributed by atoms with E-state index < -0.39 is 0 Å². The van der Waals surface area contributed by atoms with Gasteiger partial charge in [0.1, 0.15) is 0 Å². The maximum atomic E-state index is 9.28. The maximum Gasteiger partial charge on any atom is 0.0692 e. The summed E-state index contributed by atoms with van der Waals surface area (Å²) in [5.74, 6) is 0. The fraction of sp³-hybridized carbons (Fsp3) is 0.200. The van der Waals surface area contributed by atoms with Crippen LogP contribution in [-0.4, -0.2) is 5.11 Å². The second kappa shape index (κ2) is 5.39. The molecule has 0 unspecified atom stereocenters. The van der Waals surface area contributed by atoms with E-state index in [1.807, 2.05) is 24.3 Å². The van der Waals surface area contributed by atoms with Crippen molar-refractivity contribution in [3.63, 3.8) is 0 Å². The summed E-state index contributed by atoms with van der Waals surface area (Å²) in [6, 6.07) is 14.4. The number of benzene rings is 2. The second-order valence-corrected chi connectivity index (χ2v) is 5.23. The molecule has 2 aromatic rings. The van der Waals surface area contributed by atoms with Crippen LogP contribution in [0, 0.1) is 13.8 Å². The molecule has 0 spiro atoms. The van der Waals surface area contributed by atoms with E-state index in [1.54, 1.807) is 11.8 Å². The fourth-order valence-electron chi connectivity index (χ4n) is 1.64. The summed E-state index contributed by atoms with van der Waals surface area (Å²) < 4.78 is 0. The molecule has 0 aliphatic carbocycles. The normalized spacial score (nSPS) is 10.5. The molecule has 0 aliphatic heterocycles. The van der Waals surface area contributed by atoms with Gasteiger partial charge in [-0.15, -0.1) is 0 Å². The molecule has 2 rings (SSSR count). The van der Waals surface area contributed by atoms with Gasteiger partial charge >= 0.3 is 0 Å². The molecule has 88 valence electrons. The van der Waals surface area contributed by atoms with Crippen LogP contribution in [0.3, 0.4) is 0 Å². The third-order valence-corrected chi connectivity index (χ3v) is 3.96. The van der Waals surface area contributed by atoms with Gasteiger partial charge in [-0.25, -0.2) is 0 Å². The molecular weight excluding hydrogens is 228 g/mol. The smallest absolute Gasteiger partial charge is 0.0692 e. The minimum absolute atomic E-state index is 0.0913. The molecule has 0 atom stereocenters. The summed E-state index contributed by atoms with van der Waals surface area (Å²) in [6.07, 6.45) is 0. The molecule has 0 fully saturated rings. The SMILES string of the molecule is Cc1ccc(Sc2ccccc2CO)cc1C. The van der Waals surface area contributed by atoms with E-state index in [0.29, 0.717) is 0 Å². The van der Waals surface area contributed by atoms with Gasteiger partial charge in [0.25, 0.3) is 0 Å². The van der Waals surface area contributed by atoms with Gasteiger partial charge in [0.2, 0.25) is 0 Å². The Balaban J connectivity index is 2.28. The highest BCUT2D eigenvalue weighted by molar-refractivity contribution is 7.99. The Hall–Kier alpha value is -1.25. The molecule has 0 aliphatic rings. The first-order valence-corrected chi connectivity index (χ1v) is 6.46. The molecule has 0 aromatic heterocycles. The van der Waals surface area contributed by atoms with E-state index >= 15 is 0 Å². The van der Waals surface area contributed by atoms with Crippen LogP contribution in [0.5, 0.6) is 0 Å². The van der Waals surface area contributed by atoms with Crippen molar-refractivity contribution in [3.8, 4) is 0 Å². The van der Waals surface area contributed by atoms with Crippen LogP contribution in [0.15, 0.2) is 52.3 Å². The minimum atomic E-state index is 0.0913. The van der Waals surface area contributed by atoms with Crippen LogP contribution in [0.4, 0.5) is 0 Å². The molecule has 0 amide bonds. The molecule has 1 N–H and O–H groups in total. The monoisotopic (exact) mass is 244 g/mol. The topological polar surface area (TPSA) is 20.2 Å². The summed E-state index contributed by atoms with van der Waals surface area (Å²) >= 11 is 1.70. The zero-order chi connectivity index (χ0) is 12.3. The molecule has 17 heavy (non-hydrogen) atoms. The van der Waals surface area contributed by atoms with Gasteiger partial charge in [-0.3, -0.25) is 0 Å². The fourth-order valence-corrected chi connectivity index (χ4v) is 2.67. The lowest BCUT2D eigenvalue weighted by Crippen LogP contribution is -1.87. The number of aryl methyl sites for hydroxylation is 2. The van der Waals surface area contributed by atoms with Crippen LogP contribution in [0.1, 0.15) is 16.7 Å². The van der Waals surface area contributed by atoms with Gasteiger partial charge in [-0.05, 0) is 48.7 Å². The molecule has 2 heteroatoms. The van der Waals surface area contributed by atoms with Crippen molar-refractivity contribution in [3.05, 3.63) is 59.2 Å². The predicted molar refractivity (Wildman–Crippen MR) is 72.4 cm³/mol. The highest BCUT2D eigenvalue weighted by Gasteiger charge is 2.03. The predicted octanol–water partition coefficient (Wildman–Crippen LogP) is 3.95. The summed E-state index contributed by atoms with van der Waals surface area (Å²) in [5.41, 5.74) is 3.59. The van der Waals surface area contributed by atoms with Crippen molar-refractivity contribution in [1.29, 1.82) is 0 Å². The Labute approximate surface area is 107 Å². The van der Waals surface area contributed by atoms with Gasteiger partial charge in [0.15, 0.2) is 0 Å². The Bertz CT molecular complexity index is 520. The van der Waals surface area contributed by atoms with E-state index in [2.05, 4.69) is 32.0 Å². The summed E-state index contributed by atoms with van der Waals surface area (Å²) in [5, 5.41) is 9.28. The lowest BCUT2D eigenvalue weighted by Gasteiger charge is -2.08. The van der Waals surface area contributed by atoms with Gasteiger partial charge in [0.05, 0.1) is 6.61 Å². The number of rotatable bonds is 3. The second-order valence-electron chi connectivity index (χ2n) is 4.11. The van der Waals surface area contributed by atoms with Crippen LogP contribution < -0.4 is 0 Å². The van der Waals surface area contributed by atoms with Gasteiger partial charge in [0, 0.05) is 9.79 Å². The molecule has 0 saturated carbocycles. The zero-order valence-corrected chi connectivity index (χ0v) is 10.9. The largest absolute Gasteiger partial charge is 0.392 e. The lowest BCUT2D eigenvalue weighted by atomic mass is 10.1. The average Bonchev–Trinajstić information content (AvgIpc) is 2.34. The van der Waals surface area contributed by atoms with E-state index in [0.717, 1.165) is 10.5 Å². The van der Waals surface area contributed by atoms with Crippen LogP contribution >= 0.6 is 11.8 Å². The Morgan fingerprint density at radius 1 is 1.00 bits per heavy atom. The van der Waals surface area contributed by atoms with Crippen LogP contribution in [0.25, 0.3) is 0 Å². The molecular formula is C15H16OS. The number of aliphatic hydroxyl groups is 1. The van der Waals surface area contributed by atoms with Crippen molar-refractivity contribution in [2.75, 3.05) is 0 Å². The highest BCUT2D eigenvalue weighted by atomic mass is 32.2. The Morgan fingerprint density at radius 2 is 1.76 bits per heavy atom. The number of aliphatic hydroxyl groups excluding tert-OH is 1. The average molecular weight is 244 g/mol. The van der Waals surface area contributed by atoms with Crippen molar-refractivity contribution in [2.45, 2.75) is 30.2 Å². The number of hydrogen-bond donors (Lipinski definition) is 1. The first kappa shape index (κ1) is 12.2. The third kappa shape index (κ3) is 2.90. The maximum absolute atomic E-state index is 9.28. The first-order valence-electron chi connectivity index (χ1n) is 5.64. The Morgan fingerprint density at radius 3 is 2.47 bits per heavy atom. The third-order valence-electron chi connectivity index (χ3n) is 2.85. The summed E-state index contributed by atoms with van der Waals surface area (Å²) in [7, 11) is 0. The number of hydrogen-bond acceptors (Lipinski definition) is 2. The van der Waals surface area contributed by atoms with E-state index in [9.17, 15) is 5.11 Å². The van der Waals surface area contributed by atoms with Crippen LogP contribution in [0.2, 0.25) is 0 Å². The zero-order valence-electron chi connectivity index (χ0n) is 10.1. The molecule has 0 heterocycles. The van der Waals surface area contributed by atoms with Crippen molar-refractivity contribution in [2.24, 2.45) is 0 Å². The molecule has 0 bridgehead atoms. The van der Waals surface area contributed by atoms with Crippen molar-refractivity contribution >= 4 is 11.8 Å². The van der Waals surface area contributed by atoms with Gasteiger partial charge in [-0.1, -0.05) is 36.0 Å². The van der Waals surface area contributed by atoms with E-state index in [-0.39, 0.29) is 6.61 Å². The minimum Gasteiger partial charge on any atom is -0.392 e. The van der Waals surface area contributed by atoms with Gasteiger partial charge in [-0.2, -0.15) is 0 Å². The standard InChI is InChI=1S/C15H16OS/c1-11-7-8-14(9-12(11)2)17-15-6-4-3-5-13(15)10-16/h3-9,16H,10H2,1-2H3. The Kier molecular flexibility index (Phi) is 3.87. The lowest BCUT2D eigenvalue weighted by molar-refractivity contribution is 0.279. The highest BCUT2D eigenvalue weighted by Crippen LogP contribution is 2.31. The van der Waals surface area contributed by atoms with E-state index in [1.165, 1.54) is 16.0 Å². The quantitative estimate of drug-likeness (QED) is 0.882. The molecule has 1 nitrogen and oxygen atoms in total. The van der Waals surface area contributed by atoms with Crippen LogP contribution in [-0.2, 0) is 6.61 Å². The van der Waals surface area contributed by atoms with Crippen molar-refractivity contribution < 1.29 is 5.11 Å². The molecule has 2 aromatic carbocycles. The summed E-state index contributed by atoms with van der Waals surface area (Å²) in [6.45, 7) is 4.33. The van der Waals surface area contributed by atoms with Gasteiger partial charge < -0.3 is 5.11 Å².